The molecule has 0 atom stereocenters. The molecule has 3 rings (SSSR count). The monoisotopic (exact) mass is 488 g/mol. The molecule has 2 aromatic carbocycles. The van der Waals surface area contributed by atoms with E-state index in [1.54, 1.807) is 24.3 Å². The second kappa shape index (κ2) is 11.0. The zero-order chi connectivity index (χ0) is 24.9. The van der Waals surface area contributed by atoms with E-state index in [0.717, 1.165) is 19.3 Å². The first-order valence-corrected chi connectivity index (χ1v) is 12.8. The van der Waals surface area contributed by atoms with Crippen molar-refractivity contribution in [2.24, 2.45) is 0 Å². The number of methoxy groups -OCH3 is 1. The molecule has 8 nitrogen and oxygen atoms in total. The fraction of sp³-hybridized carbons (Fsp3) is 0.440. The smallest absolute Gasteiger partial charge is 0.243 e. The van der Waals surface area contributed by atoms with Gasteiger partial charge in [-0.1, -0.05) is 6.42 Å². The molecule has 1 heterocycles. The number of ketones is 1. The zero-order valence-corrected chi connectivity index (χ0v) is 20.9. The molecule has 9 heteroatoms. The van der Waals surface area contributed by atoms with Crippen LogP contribution in [0.4, 0.5) is 5.69 Å². The molecular formula is C25H32N2O6S. The predicted molar refractivity (Wildman–Crippen MR) is 130 cm³/mol. The average molecular weight is 489 g/mol. The second-order valence-electron chi connectivity index (χ2n) is 8.60. The molecule has 0 bridgehead atoms. The van der Waals surface area contributed by atoms with Gasteiger partial charge in [0.1, 0.15) is 11.5 Å². The van der Waals surface area contributed by atoms with E-state index in [-0.39, 0.29) is 34.8 Å². The van der Waals surface area contributed by atoms with Gasteiger partial charge in [0, 0.05) is 24.2 Å². The molecule has 2 aromatic rings. The molecule has 0 aliphatic carbocycles. The van der Waals surface area contributed by atoms with Gasteiger partial charge in [0.15, 0.2) is 5.78 Å². The molecule has 0 unspecified atom stereocenters. The number of sulfonamides is 1. The third kappa shape index (κ3) is 6.15. The van der Waals surface area contributed by atoms with E-state index in [1.807, 2.05) is 13.8 Å². The van der Waals surface area contributed by atoms with Gasteiger partial charge in [-0.3, -0.25) is 9.59 Å². The number of nitrogens with one attached hydrogen (secondary N) is 1. The molecule has 34 heavy (non-hydrogen) atoms. The largest absolute Gasteiger partial charge is 0.496 e. The number of benzene rings is 2. The summed E-state index contributed by atoms with van der Waals surface area (Å²) < 4.78 is 39.0. The van der Waals surface area contributed by atoms with Gasteiger partial charge in [-0.15, -0.1) is 0 Å². The minimum atomic E-state index is -3.68. The lowest BCUT2D eigenvalue weighted by Gasteiger charge is -2.26. The van der Waals surface area contributed by atoms with E-state index < -0.39 is 10.0 Å². The Morgan fingerprint density at radius 2 is 1.71 bits per heavy atom. The maximum atomic E-state index is 13.2. The minimum Gasteiger partial charge on any atom is -0.496 e. The fourth-order valence-corrected chi connectivity index (χ4v) is 5.43. The molecule has 1 N–H and O–H groups in total. The van der Waals surface area contributed by atoms with Crippen LogP contribution in [-0.2, 0) is 21.2 Å². The van der Waals surface area contributed by atoms with E-state index >= 15 is 0 Å². The Morgan fingerprint density at radius 3 is 2.32 bits per heavy atom. The number of anilines is 1. The Balaban J connectivity index is 1.90. The van der Waals surface area contributed by atoms with Crippen LogP contribution in [0.1, 0.15) is 56.0 Å². The van der Waals surface area contributed by atoms with Crippen molar-refractivity contribution in [3.63, 3.8) is 0 Å². The van der Waals surface area contributed by atoms with Crippen molar-refractivity contribution in [3.05, 3.63) is 47.5 Å². The minimum absolute atomic E-state index is 0.0610. The predicted octanol–water partition coefficient (Wildman–Crippen LogP) is 4.04. The number of piperidine rings is 1. The summed E-state index contributed by atoms with van der Waals surface area (Å²) >= 11 is 0. The normalized spacial score (nSPS) is 14.6. The SMILES string of the molecule is COc1ccc(C(C)=O)cc1CC(=O)Nc1cc(S(=O)(=O)N2CCCCC2)ccc1OC(C)C. The van der Waals surface area contributed by atoms with Gasteiger partial charge in [0.25, 0.3) is 0 Å². The average Bonchev–Trinajstić information content (AvgIpc) is 2.80. The molecule has 0 aromatic heterocycles. The summed E-state index contributed by atoms with van der Waals surface area (Å²) in [5.41, 5.74) is 1.30. The van der Waals surface area contributed by atoms with E-state index in [1.165, 1.54) is 30.5 Å². The van der Waals surface area contributed by atoms with Crippen LogP contribution in [-0.4, -0.2) is 50.7 Å². The summed E-state index contributed by atoms with van der Waals surface area (Å²) in [5, 5.41) is 2.79. The molecule has 1 aliphatic heterocycles. The number of nitrogens with zero attached hydrogens (tertiary/aromatic N) is 1. The van der Waals surface area contributed by atoms with Crippen molar-refractivity contribution in [2.75, 3.05) is 25.5 Å². The molecule has 1 aliphatic rings. The van der Waals surface area contributed by atoms with Gasteiger partial charge >= 0.3 is 0 Å². The highest BCUT2D eigenvalue weighted by atomic mass is 32.2. The van der Waals surface area contributed by atoms with E-state index in [0.29, 0.717) is 35.7 Å². The third-order valence-corrected chi connectivity index (χ3v) is 7.47. The number of carbonyl (C=O) groups is 2. The van der Waals surface area contributed by atoms with Crippen LogP contribution in [0.2, 0.25) is 0 Å². The van der Waals surface area contributed by atoms with Gasteiger partial charge < -0.3 is 14.8 Å². The number of hydrogen-bond acceptors (Lipinski definition) is 6. The maximum absolute atomic E-state index is 13.2. The first-order valence-electron chi connectivity index (χ1n) is 11.4. The van der Waals surface area contributed by atoms with Gasteiger partial charge in [-0.25, -0.2) is 8.42 Å². The Morgan fingerprint density at radius 1 is 1.03 bits per heavy atom. The Hall–Kier alpha value is -2.91. The molecule has 184 valence electrons. The lowest BCUT2D eigenvalue weighted by atomic mass is 10.0. The van der Waals surface area contributed by atoms with Crippen molar-refractivity contribution in [1.82, 2.24) is 4.31 Å². The molecule has 1 amide bonds. The lowest BCUT2D eigenvalue weighted by Crippen LogP contribution is -2.35. The molecular weight excluding hydrogens is 456 g/mol. The van der Waals surface area contributed by atoms with Crippen molar-refractivity contribution >= 4 is 27.4 Å². The van der Waals surface area contributed by atoms with Crippen LogP contribution in [0.3, 0.4) is 0 Å². The van der Waals surface area contributed by atoms with Gasteiger partial charge in [0.2, 0.25) is 15.9 Å². The Labute approximate surface area is 201 Å². The Bertz CT molecular complexity index is 1150. The highest BCUT2D eigenvalue weighted by molar-refractivity contribution is 7.89. The number of rotatable bonds is 9. The molecule has 1 saturated heterocycles. The first-order chi connectivity index (χ1) is 16.1. The van der Waals surface area contributed by atoms with Crippen LogP contribution in [0.15, 0.2) is 41.3 Å². The number of amides is 1. The second-order valence-corrected chi connectivity index (χ2v) is 10.5. The van der Waals surface area contributed by atoms with Crippen LogP contribution < -0.4 is 14.8 Å². The molecule has 0 radical (unpaired) electrons. The van der Waals surface area contributed by atoms with Gasteiger partial charge in [-0.05, 0) is 70.0 Å². The molecule has 0 saturated carbocycles. The van der Waals surface area contributed by atoms with Crippen LogP contribution in [0.5, 0.6) is 11.5 Å². The maximum Gasteiger partial charge on any atom is 0.243 e. The summed E-state index contributed by atoms with van der Waals surface area (Å²) in [6.45, 7) is 6.13. The molecule has 0 spiro atoms. The number of carbonyl (C=O) groups excluding carboxylic acids is 2. The Kier molecular flexibility index (Phi) is 8.33. The highest BCUT2D eigenvalue weighted by Crippen LogP contribution is 2.31. The highest BCUT2D eigenvalue weighted by Gasteiger charge is 2.27. The number of ether oxygens (including phenoxy) is 2. The topological polar surface area (TPSA) is 102 Å². The van der Waals surface area contributed by atoms with Crippen LogP contribution in [0, 0.1) is 0 Å². The summed E-state index contributed by atoms with van der Waals surface area (Å²) in [7, 11) is -2.19. The number of Topliss-reactive ketones (excluding diaryl/α,β-unsaturated/α-hetero) is 1. The first kappa shape index (κ1) is 25.7. The van der Waals surface area contributed by atoms with Crippen molar-refractivity contribution in [3.8, 4) is 11.5 Å². The van der Waals surface area contributed by atoms with Crippen LogP contribution in [0.25, 0.3) is 0 Å². The van der Waals surface area contributed by atoms with Crippen molar-refractivity contribution < 1.29 is 27.5 Å². The lowest BCUT2D eigenvalue weighted by molar-refractivity contribution is -0.115. The summed E-state index contributed by atoms with van der Waals surface area (Å²) in [6.07, 6.45) is 2.45. The fourth-order valence-electron chi connectivity index (χ4n) is 3.88. The van der Waals surface area contributed by atoms with Crippen LogP contribution >= 0.6 is 0 Å². The van der Waals surface area contributed by atoms with E-state index in [4.69, 9.17) is 9.47 Å². The summed E-state index contributed by atoms with van der Waals surface area (Å²) in [4.78, 5) is 24.8. The number of hydrogen-bond donors (Lipinski definition) is 1. The molecule has 1 fully saturated rings. The third-order valence-electron chi connectivity index (χ3n) is 5.58. The standard InChI is InChI=1S/C25H32N2O6S/c1-17(2)33-24-11-9-21(34(30,31)27-12-6-5-7-13-27)16-22(24)26-25(29)15-20-14-19(18(3)28)8-10-23(20)32-4/h8-11,14,16-17H,5-7,12-13,15H2,1-4H3,(H,26,29). The van der Waals surface area contributed by atoms with Gasteiger partial charge in [-0.2, -0.15) is 4.31 Å². The summed E-state index contributed by atoms with van der Waals surface area (Å²) in [6, 6.07) is 9.46. The zero-order valence-electron chi connectivity index (χ0n) is 20.1. The van der Waals surface area contributed by atoms with Gasteiger partial charge in [0.05, 0.1) is 30.2 Å². The summed E-state index contributed by atoms with van der Waals surface area (Å²) in [5.74, 6) is 0.360. The van der Waals surface area contributed by atoms with Crippen molar-refractivity contribution in [2.45, 2.75) is 57.5 Å². The van der Waals surface area contributed by atoms with E-state index in [9.17, 15) is 18.0 Å². The van der Waals surface area contributed by atoms with E-state index in [2.05, 4.69) is 5.32 Å². The van der Waals surface area contributed by atoms with Crippen molar-refractivity contribution in [1.29, 1.82) is 0 Å². The quantitative estimate of drug-likeness (QED) is 0.535.